The Morgan fingerprint density at radius 1 is 1.53 bits per heavy atom. The maximum atomic E-state index is 6.42. The number of aromatic nitrogens is 2. The van der Waals surface area contributed by atoms with Crippen LogP contribution < -0.4 is 5.73 Å². The fourth-order valence-corrected chi connectivity index (χ4v) is 3.08. The number of nitrogens with zero attached hydrogens (tertiary/aromatic N) is 2. The van der Waals surface area contributed by atoms with E-state index in [-0.39, 0.29) is 11.6 Å². The molecular formula is C14H24ClN3O. The van der Waals surface area contributed by atoms with Crippen molar-refractivity contribution in [2.45, 2.75) is 64.6 Å². The number of halogens is 1. The molecule has 1 saturated heterocycles. The van der Waals surface area contributed by atoms with Crippen molar-refractivity contribution in [2.75, 3.05) is 6.61 Å². The largest absolute Gasteiger partial charge is 0.374 e. The third-order valence-corrected chi connectivity index (χ3v) is 4.58. The Hall–Kier alpha value is -0.580. The second kappa shape index (κ2) is 5.81. The number of nitrogens with two attached hydrogens (primary N) is 1. The van der Waals surface area contributed by atoms with Crippen LogP contribution in [0.4, 0.5) is 0 Å². The summed E-state index contributed by atoms with van der Waals surface area (Å²) in [5.41, 5.74) is 8.15. The molecule has 2 N–H and O–H groups in total. The molecule has 1 aliphatic heterocycles. The van der Waals surface area contributed by atoms with Gasteiger partial charge >= 0.3 is 0 Å². The van der Waals surface area contributed by atoms with Gasteiger partial charge in [-0.3, -0.25) is 4.68 Å². The molecule has 19 heavy (non-hydrogen) atoms. The predicted octanol–water partition coefficient (Wildman–Crippen LogP) is 2.56. The van der Waals surface area contributed by atoms with Crippen LogP contribution in [0, 0.1) is 0 Å². The Balaban J connectivity index is 2.20. The topological polar surface area (TPSA) is 53.1 Å². The molecule has 0 spiro atoms. The SMILES string of the molecule is CCc1nn(CC)c(CC(N)C2(C)CCCO2)c1Cl. The van der Waals surface area contributed by atoms with E-state index in [1.54, 1.807) is 0 Å². The first-order chi connectivity index (χ1) is 9.01. The molecule has 108 valence electrons. The summed E-state index contributed by atoms with van der Waals surface area (Å²) in [6, 6.07) is -0.0424. The Labute approximate surface area is 120 Å². The molecule has 0 radical (unpaired) electrons. The molecule has 4 nitrogen and oxygen atoms in total. The van der Waals surface area contributed by atoms with E-state index in [0.717, 1.165) is 55.2 Å². The smallest absolute Gasteiger partial charge is 0.0850 e. The molecule has 1 aromatic heterocycles. The van der Waals surface area contributed by atoms with Gasteiger partial charge in [-0.25, -0.2) is 0 Å². The van der Waals surface area contributed by atoms with Crippen molar-refractivity contribution in [1.29, 1.82) is 0 Å². The van der Waals surface area contributed by atoms with Crippen LogP contribution in [0.25, 0.3) is 0 Å². The molecule has 0 amide bonds. The quantitative estimate of drug-likeness (QED) is 0.905. The van der Waals surface area contributed by atoms with Gasteiger partial charge in [-0.2, -0.15) is 5.10 Å². The van der Waals surface area contributed by atoms with Crippen LogP contribution in [0.5, 0.6) is 0 Å². The zero-order valence-electron chi connectivity index (χ0n) is 12.1. The van der Waals surface area contributed by atoms with Gasteiger partial charge in [-0.1, -0.05) is 18.5 Å². The van der Waals surface area contributed by atoms with E-state index in [1.165, 1.54) is 0 Å². The van der Waals surface area contributed by atoms with Crippen molar-refractivity contribution < 1.29 is 4.74 Å². The molecule has 0 saturated carbocycles. The third-order valence-electron chi connectivity index (χ3n) is 4.14. The maximum absolute atomic E-state index is 6.42. The van der Waals surface area contributed by atoms with Gasteiger partial charge < -0.3 is 10.5 Å². The van der Waals surface area contributed by atoms with E-state index in [2.05, 4.69) is 25.9 Å². The van der Waals surface area contributed by atoms with Crippen LogP contribution in [0.1, 0.15) is 45.0 Å². The van der Waals surface area contributed by atoms with Gasteiger partial charge in [0.2, 0.25) is 0 Å². The Morgan fingerprint density at radius 2 is 2.26 bits per heavy atom. The summed E-state index contributed by atoms with van der Waals surface area (Å²) in [5.74, 6) is 0. The van der Waals surface area contributed by atoms with Crippen LogP contribution >= 0.6 is 11.6 Å². The number of aryl methyl sites for hydroxylation is 2. The van der Waals surface area contributed by atoms with Gasteiger partial charge in [0.25, 0.3) is 0 Å². The second-order valence-corrected chi connectivity index (χ2v) is 5.83. The lowest BCUT2D eigenvalue weighted by molar-refractivity contribution is -0.00134. The van der Waals surface area contributed by atoms with E-state index in [9.17, 15) is 0 Å². The molecule has 1 aliphatic rings. The first-order valence-electron chi connectivity index (χ1n) is 7.15. The molecule has 2 atom stereocenters. The lowest BCUT2D eigenvalue weighted by Gasteiger charge is -2.30. The average Bonchev–Trinajstić information content (AvgIpc) is 2.96. The Bertz CT molecular complexity index is 438. The summed E-state index contributed by atoms with van der Waals surface area (Å²) in [6.07, 6.45) is 3.68. The fourth-order valence-electron chi connectivity index (χ4n) is 2.73. The van der Waals surface area contributed by atoms with Gasteiger partial charge in [-0.15, -0.1) is 0 Å². The molecular weight excluding hydrogens is 262 g/mol. The summed E-state index contributed by atoms with van der Waals surface area (Å²) in [7, 11) is 0. The van der Waals surface area contributed by atoms with Crippen molar-refractivity contribution in [3.8, 4) is 0 Å². The monoisotopic (exact) mass is 285 g/mol. The number of ether oxygens (including phenoxy) is 1. The molecule has 0 aromatic carbocycles. The number of hydrogen-bond acceptors (Lipinski definition) is 3. The van der Waals surface area contributed by atoms with E-state index in [0.29, 0.717) is 0 Å². The fraction of sp³-hybridized carbons (Fsp3) is 0.786. The van der Waals surface area contributed by atoms with E-state index >= 15 is 0 Å². The van der Waals surface area contributed by atoms with Crippen molar-refractivity contribution in [2.24, 2.45) is 5.73 Å². The van der Waals surface area contributed by atoms with Crippen LogP contribution in [0.3, 0.4) is 0 Å². The lowest BCUT2D eigenvalue weighted by Crippen LogP contribution is -2.46. The highest BCUT2D eigenvalue weighted by Crippen LogP contribution is 2.31. The van der Waals surface area contributed by atoms with Gasteiger partial charge in [0.1, 0.15) is 0 Å². The van der Waals surface area contributed by atoms with Crippen LogP contribution in [-0.4, -0.2) is 28.0 Å². The van der Waals surface area contributed by atoms with Gasteiger partial charge in [0, 0.05) is 25.6 Å². The van der Waals surface area contributed by atoms with Crippen LogP contribution in [-0.2, 0) is 24.1 Å². The lowest BCUT2D eigenvalue weighted by atomic mass is 9.90. The van der Waals surface area contributed by atoms with E-state index < -0.39 is 0 Å². The van der Waals surface area contributed by atoms with Gasteiger partial charge in [-0.05, 0) is 33.1 Å². The summed E-state index contributed by atoms with van der Waals surface area (Å²) >= 11 is 6.42. The first-order valence-corrected chi connectivity index (χ1v) is 7.53. The molecule has 2 rings (SSSR count). The Morgan fingerprint density at radius 3 is 2.79 bits per heavy atom. The van der Waals surface area contributed by atoms with Crippen molar-refractivity contribution in [1.82, 2.24) is 9.78 Å². The highest BCUT2D eigenvalue weighted by Gasteiger charge is 2.37. The second-order valence-electron chi connectivity index (χ2n) is 5.45. The molecule has 0 aliphatic carbocycles. The third kappa shape index (κ3) is 2.81. The molecule has 2 unspecified atom stereocenters. The van der Waals surface area contributed by atoms with Gasteiger partial charge in [0.15, 0.2) is 0 Å². The minimum atomic E-state index is -0.224. The highest BCUT2D eigenvalue weighted by molar-refractivity contribution is 6.31. The minimum absolute atomic E-state index is 0.0424. The van der Waals surface area contributed by atoms with Gasteiger partial charge in [0.05, 0.1) is 22.0 Å². The van der Waals surface area contributed by atoms with E-state index in [1.807, 2.05) is 4.68 Å². The van der Waals surface area contributed by atoms with Crippen LogP contribution in [0.2, 0.25) is 5.02 Å². The maximum Gasteiger partial charge on any atom is 0.0850 e. The van der Waals surface area contributed by atoms with Crippen LogP contribution in [0.15, 0.2) is 0 Å². The zero-order valence-corrected chi connectivity index (χ0v) is 12.8. The van der Waals surface area contributed by atoms with Crippen molar-refractivity contribution in [3.05, 3.63) is 16.4 Å². The Kier molecular flexibility index (Phi) is 4.54. The summed E-state index contributed by atoms with van der Waals surface area (Å²) in [4.78, 5) is 0. The number of hydrogen-bond donors (Lipinski definition) is 1. The normalized spacial score (nSPS) is 24.9. The number of rotatable bonds is 5. The molecule has 1 fully saturated rings. The summed E-state index contributed by atoms with van der Waals surface area (Å²) in [6.45, 7) is 7.88. The minimum Gasteiger partial charge on any atom is -0.374 e. The highest BCUT2D eigenvalue weighted by atomic mass is 35.5. The molecule has 1 aromatic rings. The first kappa shape index (κ1) is 14.8. The van der Waals surface area contributed by atoms with Crippen molar-refractivity contribution in [3.63, 3.8) is 0 Å². The molecule has 2 heterocycles. The molecule has 0 bridgehead atoms. The van der Waals surface area contributed by atoms with E-state index in [4.69, 9.17) is 22.1 Å². The molecule has 5 heteroatoms. The predicted molar refractivity (Wildman–Crippen MR) is 77.6 cm³/mol. The summed E-state index contributed by atoms with van der Waals surface area (Å²) < 4.78 is 7.79. The standard InChI is InChI=1S/C14H24ClN3O/c1-4-10-13(15)11(18(5-2)17-10)9-12(16)14(3)7-6-8-19-14/h12H,4-9,16H2,1-3H3. The summed E-state index contributed by atoms with van der Waals surface area (Å²) in [5, 5.41) is 5.32. The zero-order chi connectivity index (χ0) is 14.0. The average molecular weight is 286 g/mol. The van der Waals surface area contributed by atoms with Crippen molar-refractivity contribution >= 4 is 11.6 Å².